The summed E-state index contributed by atoms with van der Waals surface area (Å²) in [5.74, 6) is -3.74. The molecule has 0 radical (unpaired) electrons. The Bertz CT molecular complexity index is 1390. The highest BCUT2D eigenvalue weighted by Gasteiger charge is 2.42. The number of aliphatic hydroxyl groups is 2. The van der Waals surface area contributed by atoms with Crippen molar-refractivity contribution in [1.82, 2.24) is 0 Å². The van der Waals surface area contributed by atoms with Crippen LogP contribution in [0.2, 0.25) is 0 Å². The van der Waals surface area contributed by atoms with Gasteiger partial charge in [0.15, 0.2) is 0 Å². The molecule has 0 heterocycles. The summed E-state index contributed by atoms with van der Waals surface area (Å²) < 4.78 is 0. The Morgan fingerprint density at radius 3 is 1.15 bits per heavy atom. The Morgan fingerprint density at radius 2 is 0.833 bits per heavy atom. The normalized spacial score (nSPS) is 16.5. The van der Waals surface area contributed by atoms with E-state index >= 15 is 0 Å². The maximum atomic E-state index is 13.8. The van der Waals surface area contributed by atoms with E-state index in [1.165, 1.54) is 11.1 Å². The highest BCUT2D eigenvalue weighted by Crippen LogP contribution is 2.42. The second kappa shape index (κ2) is 19.9. The van der Waals surface area contributed by atoms with Crippen molar-refractivity contribution in [2.75, 3.05) is 0 Å². The van der Waals surface area contributed by atoms with E-state index in [1.54, 1.807) is 0 Å². The van der Waals surface area contributed by atoms with Crippen LogP contribution in [0.25, 0.3) is 0 Å². The number of unbranched alkanes of at least 4 members (excludes halogenated alkanes) is 4. The molecule has 2 aliphatic carbocycles. The molecule has 6 heteroatoms. The van der Waals surface area contributed by atoms with Crippen LogP contribution in [-0.2, 0) is 19.2 Å². The van der Waals surface area contributed by atoms with Crippen LogP contribution in [0.1, 0.15) is 145 Å². The maximum absolute atomic E-state index is 13.8. The van der Waals surface area contributed by atoms with Crippen molar-refractivity contribution in [3.8, 4) is 0 Å². The van der Waals surface area contributed by atoms with Crippen LogP contribution in [0.3, 0.4) is 0 Å². The molecular weight excluding hydrogens is 600 g/mol. The minimum absolute atomic E-state index is 0.0351. The van der Waals surface area contributed by atoms with E-state index in [0.29, 0.717) is 12.8 Å². The van der Waals surface area contributed by atoms with Crippen molar-refractivity contribution < 1.29 is 29.4 Å². The molecule has 48 heavy (non-hydrogen) atoms. The average molecular weight is 659 g/mol. The third-order valence-corrected chi connectivity index (χ3v) is 8.96. The van der Waals surface area contributed by atoms with Crippen molar-refractivity contribution in [3.63, 3.8) is 0 Å². The second-order valence-corrected chi connectivity index (χ2v) is 13.7. The van der Waals surface area contributed by atoms with E-state index in [0.717, 1.165) is 62.5 Å². The Balaban J connectivity index is 2.82. The molecular formula is C42H58O6. The molecule has 0 fully saturated rings. The molecule has 0 amide bonds. The Hall–Kier alpha value is -3.80. The molecule has 0 unspecified atom stereocenters. The summed E-state index contributed by atoms with van der Waals surface area (Å²) in [4.78, 5) is 54.7. The first-order chi connectivity index (χ1) is 22.8. The zero-order valence-electron chi connectivity index (χ0n) is 30.7. The SMILES string of the molecule is CCCCCC1=C(C2=C(CCCCC)C(=O)C(=O)C(CC=C(C)CCC=C(C)C)=C2O)C(O)=C(CC=C(C)CCC=C(C)C)C(=O)C1=O. The molecule has 0 aromatic rings. The van der Waals surface area contributed by atoms with Crippen molar-refractivity contribution in [1.29, 1.82) is 0 Å². The van der Waals surface area contributed by atoms with Crippen LogP contribution in [-0.4, -0.2) is 33.3 Å². The van der Waals surface area contributed by atoms with Gasteiger partial charge in [-0.3, -0.25) is 19.2 Å². The summed E-state index contributed by atoms with van der Waals surface area (Å²) in [5.41, 5.74) is 4.63. The van der Waals surface area contributed by atoms with Gasteiger partial charge in [-0.1, -0.05) is 86.1 Å². The molecule has 0 saturated carbocycles. The molecule has 2 rings (SSSR count). The van der Waals surface area contributed by atoms with Gasteiger partial charge >= 0.3 is 0 Å². The molecule has 6 nitrogen and oxygen atoms in total. The first kappa shape index (κ1) is 40.4. The van der Waals surface area contributed by atoms with Crippen molar-refractivity contribution in [2.24, 2.45) is 0 Å². The van der Waals surface area contributed by atoms with Gasteiger partial charge in [-0.2, -0.15) is 0 Å². The average Bonchev–Trinajstić information content (AvgIpc) is 3.02. The van der Waals surface area contributed by atoms with Gasteiger partial charge in [0, 0.05) is 33.4 Å². The van der Waals surface area contributed by atoms with Gasteiger partial charge in [0.25, 0.3) is 0 Å². The number of allylic oxidation sites excluding steroid dienone is 14. The molecule has 0 bridgehead atoms. The molecule has 0 atom stereocenters. The lowest BCUT2D eigenvalue weighted by molar-refractivity contribution is -0.132. The van der Waals surface area contributed by atoms with E-state index in [9.17, 15) is 29.4 Å². The van der Waals surface area contributed by atoms with Crippen LogP contribution in [0.5, 0.6) is 0 Å². The quantitative estimate of drug-likeness (QED) is 0.0619. The third kappa shape index (κ3) is 11.1. The number of aliphatic hydroxyl groups excluding tert-OH is 2. The Kier molecular flexibility index (Phi) is 16.7. The van der Waals surface area contributed by atoms with Crippen LogP contribution >= 0.6 is 0 Å². The minimum Gasteiger partial charge on any atom is -0.507 e. The maximum Gasteiger partial charge on any atom is 0.233 e. The fourth-order valence-electron chi connectivity index (χ4n) is 6.01. The molecule has 0 aromatic heterocycles. The van der Waals surface area contributed by atoms with Gasteiger partial charge in [0.2, 0.25) is 23.1 Å². The molecule has 0 aliphatic heterocycles. The molecule has 2 N–H and O–H groups in total. The zero-order valence-corrected chi connectivity index (χ0v) is 30.7. The van der Waals surface area contributed by atoms with Gasteiger partial charge in [0.1, 0.15) is 11.5 Å². The molecule has 0 saturated heterocycles. The summed E-state index contributed by atoms with van der Waals surface area (Å²) >= 11 is 0. The molecule has 2 aliphatic rings. The minimum atomic E-state index is -0.763. The summed E-state index contributed by atoms with van der Waals surface area (Å²) in [6.07, 6.45) is 16.2. The molecule has 0 spiro atoms. The third-order valence-electron chi connectivity index (χ3n) is 8.96. The van der Waals surface area contributed by atoms with E-state index in [2.05, 4.69) is 12.2 Å². The zero-order chi connectivity index (χ0) is 36.0. The molecule has 262 valence electrons. The van der Waals surface area contributed by atoms with Crippen LogP contribution in [0.4, 0.5) is 0 Å². The van der Waals surface area contributed by atoms with Crippen molar-refractivity contribution in [3.05, 3.63) is 91.6 Å². The lowest BCUT2D eigenvalue weighted by Gasteiger charge is -2.28. The second-order valence-electron chi connectivity index (χ2n) is 13.7. The van der Waals surface area contributed by atoms with E-state index in [4.69, 9.17) is 0 Å². The van der Waals surface area contributed by atoms with Gasteiger partial charge in [-0.15, -0.1) is 0 Å². The van der Waals surface area contributed by atoms with Gasteiger partial charge < -0.3 is 10.2 Å². The van der Waals surface area contributed by atoms with Crippen LogP contribution in [0, 0.1) is 0 Å². The number of rotatable bonds is 19. The number of hydrogen-bond acceptors (Lipinski definition) is 6. The lowest BCUT2D eigenvalue weighted by Crippen LogP contribution is -2.31. The molecule has 0 aromatic carbocycles. The summed E-state index contributed by atoms with van der Waals surface area (Å²) in [6, 6.07) is 0. The standard InChI is InChI=1S/C42H58O6/c1-9-11-13-21-31-35(37(43)33(41(47)39(31)45)25-23-29(7)19-15-17-27(3)4)36-32(22-14-12-10-2)40(46)42(48)34(38(36)44)26-24-30(8)20-16-18-28(5)6/h17-18,23-24,43-44H,9-16,19-22,25-26H2,1-8H3. The van der Waals surface area contributed by atoms with Gasteiger partial charge in [0.05, 0.1) is 0 Å². The summed E-state index contributed by atoms with van der Waals surface area (Å²) in [6.45, 7) is 16.1. The predicted octanol–water partition coefficient (Wildman–Crippen LogP) is 10.8. The van der Waals surface area contributed by atoms with E-state index in [1.807, 2.05) is 67.5 Å². The predicted molar refractivity (Wildman–Crippen MR) is 196 cm³/mol. The lowest BCUT2D eigenvalue weighted by atomic mass is 9.75. The first-order valence-electron chi connectivity index (χ1n) is 17.8. The highest BCUT2D eigenvalue weighted by atomic mass is 16.3. The van der Waals surface area contributed by atoms with Gasteiger partial charge in [-0.05, 0) is 106 Å². The van der Waals surface area contributed by atoms with E-state index in [-0.39, 0.29) is 70.6 Å². The number of hydrogen-bond donors (Lipinski definition) is 2. The number of Topliss-reactive ketones (excluding diaryl/α,β-unsaturated/α-hetero) is 4. The number of carbonyl (C=O) groups excluding carboxylic acids is 4. The first-order valence-corrected chi connectivity index (χ1v) is 17.8. The number of ketones is 4. The van der Waals surface area contributed by atoms with Gasteiger partial charge in [-0.25, -0.2) is 0 Å². The topological polar surface area (TPSA) is 109 Å². The Labute approximate surface area is 288 Å². The van der Waals surface area contributed by atoms with Crippen LogP contribution in [0.15, 0.2) is 91.6 Å². The van der Waals surface area contributed by atoms with Crippen LogP contribution < -0.4 is 0 Å². The summed E-state index contributed by atoms with van der Waals surface area (Å²) in [7, 11) is 0. The van der Waals surface area contributed by atoms with E-state index < -0.39 is 23.1 Å². The Morgan fingerprint density at radius 1 is 0.500 bits per heavy atom. The van der Waals surface area contributed by atoms with Crippen molar-refractivity contribution in [2.45, 2.75) is 145 Å². The fraction of sp³-hybridized carbons (Fsp3) is 0.524. The summed E-state index contributed by atoms with van der Waals surface area (Å²) in [5, 5.41) is 23.8. The monoisotopic (exact) mass is 658 g/mol. The smallest absolute Gasteiger partial charge is 0.233 e. The fourth-order valence-corrected chi connectivity index (χ4v) is 6.01. The highest BCUT2D eigenvalue weighted by molar-refractivity contribution is 6.52. The largest absolute Gasteiger partial charge is 0.507 e. The number of carbonyl (C=O) groups is 4. The van der Waals surface area contributed by atoms with Crippen molar-refractivity contribution >= 4 is 23.1 Å².